The number of nitrogens with zero attached hydrogens (tertiary/aromatic N) is 4. The monoisotopic (exact) mass is 330 g/mol. The Kier molecular flexibility index (Phi) is 4.50. The van der Waals surface area contributed by atoms with E-state index in [1.54, 1.807) is 24.2 Å². The van der Waals surface area contributed by atoms with Crippen LogP contribution in [0.15, 0.2) is 33.8 Å². The van der Waals surface area contributed by atoms with Crippen LogP contribution in [0.3, 0.4) is 0 Å². The van der Waals surface area contributed by atoms with Crippen LogP contribution in [-0.4, -0.2) is 28.3 Å². The predicted octanol–water partition coefficient (Wildman–Crippen LogP) is 3.77. The summed E-state index contributed by atoms with van der Waals surface area (Å²) in [6, 6.07) is 4.70. The van der Waals surface area contributed by atoms with Crippen molar-refractivity contribution in [3.05, 3.63) is 30.4 Å². The Morgan fingerprint density at radius 1 is 1.09 bits per heavy atom. The standard InChI is InChI=1S/C17H22N4OS/c1-2-4-14-11-21(10-7-13(14)3-1)17-20-19-16(22-17)12-23-15-5-8-18-9-6-15/h5-6,8-9,13-14H,1-4,7,10-12H2/t13-,14-/m0/s1. The van der Waals surface area contributed by atoms with Gasteiger partial charge in [0.05, 0.1) is 5.75 Å². The molecule has 1 aliphatic heterocycles. The van der Waals surface area contributed by atoms with Crippen molar-refractivity contribution in [2.24, 2.45) is 11.8 Å². The number of thioether (sulfide) groups is 1. The molecular formula is C17H22N4OS. The van der Waals surface area contributed by atoms with Crippen LogP contribution in [0.4, 0.5) is 6.01 Å². The van der Waals surface area contributed by atoms with E-state index in [4.69, 9.17) is 4.42 Å². The van der Waals surface area contributed by atoms with Gasteiger partial charge in [-0.2, -0.15) is 0 Å². The third kappa shape index (κ3) is 3.52. The van der Waals surface area contributed by atoms with Gasteiger partial charge in [-0.05, 0) is 36.8 Å². The maximum atomic E-state index is 5.89. The maximum absolute atomic E-state index is 5.89. The van der Waals surface area contributed by atoms with Gasteiger partial charge in [-0.25, -0.2) is 0 Å². The number of rotatable bonds is 4. The number of piperidine rings is 1. The number of fused-ring (bicyclic) bond motifs is 1. The predicted molar refractivity (Wildman–Crippen MR) is 90.4 cm³/mol. The number of hydrogen-bond donors (Lipinski definition) is 0. The maximum Gasteiger partial charge on any atom is 0.318 e. The van der Waals surface area contributed by atoms with E-state index in [2.05, 4.69) is 20.1 Å². The summed E-state index contributed by atoms with van der Waals surface area (Å²) in [4.78, 5) is 7.49. The smallest absolute Gasteiger partial charge is 0.318 e. The van der Waals surface area contributed by atoms with Crippen molar-refractivity contribution in [2.75, 3.05) is 18.0 Å². The van der Waals surface area contributed by atoms with Crippen LogP contribution in [0.5, 0.6) is 0 Å². The largest absolute Gasteiger partial charge is 0.407 e. The Morgan fingerprint density at radius 2 is 1.91 bits per heavy atom. The molecule has 4 rings (SSSR count). The molecule has 0 amide bonds. The number of anilines is 1. The molecule has 0 unspecified atom stereocenters. The highest BCUT2D eigenvalue weighted by atomic mass is 32.2. The summed E-state index contributed by atoms with van der Waals surface area (Å²) >= 11 is 1.70. The van der Waals surface area contributed by atoms with E-state index >= 15 is 0 Å². The van der Waals surface area contributed by atoms with Gasteiger partial charge < -0.3 is 9.32 Å². The van der Waals surface area contributed by atoms with Crippen LogP contribution in [-0.2, 0) is 5.75 Å². The second kappa shape index (κ2) is 6.91. The molecule has 0 bridgehead atoms. The Bertz CT molecular complexity index is 633. The molecule has 1 aliphatic carbocycles. The third-order valence-corrected chi connectivity index (χ3v) is 6.03. The third-order valence-electron chi connectivity index (χ3n) is 5.03. The fourth-order valence-corrected chi connectivity index (χ4v) is 4.51. The van der Waals surface area contributed by atoms with Crippen LogP contribution in [0.1, 0.15) is 38.0 Å². The fourth-order valence-electron chi connectivity index (χ4n) is 3.79. The van der Waals surface area contributed by atoms with E-state index in [0.717, 1.165) is 24.9 Å². The molecule has 1 saturated carbocycles. The van der Waals surface area contributed by atoms with E-state index in [1.807, 2.05) is 12.1 Å². The fraction of sp³-hybridized carbons (Fsp3) is 0.588. The van der Waals surface area contributed by atoms with Gasteiger partial charge in [-0.3, -0.25) is 4.98 Å². The van der Waals surface area contributed by atoms with Crippen molar-refractivity contribution >= 4 is 17.8 Å². The molecular weight excluding hydrogens is 308 g/mol. The SMILES string of the molecule is c1cc(SCc2nnc(N3CC[C@@H]4CCCC[C@H]4C3)o2)ccn1. The Morgan fingerprint density at radius 3 is 2.78 bits per heavy atom. The van der Waals surface area contributed by atoms with Crippen molar-refractivity contribution in [1.29, 1.82) is 0 Å². The summed E-state index contributed by atoms with van der Waals surface area (Å²) in [5.74, 6) is 3.15. The Labute approximate surface area is 140 Å². The molecule has 2 aromatic rings. The molecule has 122 valence electrons. The van der Waals surface area contributed by atoms with E-state index in [-0.39, 0.29) is 0 Å². The van der Waals surface area contributed by atoms with Gasteiger partial charge in [-0.15, -0.1) is 16.9 Å². The zero-order valence-electron chi connectivity index (χ0n) is 13.2. The average molecular weight is 330 g/mol. The summed E-state index contributed by atoms with van der Waals surface area (Å²) in [7, 11) is 0. The molecule has 2 aromatic heterocycles. The molecule has 5 nitrogen and oxygen atoms in total. The van der Waals surface area contributed by atoms with Gasteiger partial charge >= 0.3 is 6.01 Å². The summed E-state index contributed by atoms with van der Waals surface area (Å²) in [6.45, 7) is 2.14. The van der Waals surface area contributed by atoms with Crippen molar-refractivity contribution < 1.29 is 4.42 Å². The highest BCUT2D eigenvalue weighted by molar-refractivity contribution is 7.98. The second-order valence-corrected chi connectivity index (χ2v) is 7.54. The lowest BCUT2D eigenvalue weighted by Crippen LogP contribution is -2.42. The number of pyridine rings is 1. The van der Waals surface area contributed by atoms with Crippen LogP contribution in [0.2, 0.25) is 0 Å². The molecule has 1 saturated heterocycles. The summed E-state index contributed by atoms with van der Waals surface area (Å²) < 4.78 is 5.89. The van der Waals surface area contributed by atoms with E-state index in [1.165, 1.54) is 37.0 Å². The van der Waals surface area contributed by atoms with Gasteiger partial charge in [0.1, 0.15) is 0 Å². The van der Waals surface area contributed by atoms with Crippen LogP contribution < -0.4 is 4.90 Å². The van der Waals surface area contributed by atoms with Gasteiger partial charge in [0.15, 0.2) is 0 Å². The number of aromatic nitrogens is 3. The van der Waals surface area contributed by atoms with E-state index in [9.17, 15) is 0 Å². The number of hydrogen-bond acceptors (Lipinski definition) is 6. The molecule has 0 N–H and O–H groups in total. The minimum absolute atomic E-state index is 0.701. The topological polar surface area (TPSA) is 55.1 Å². The van der Waals surface area contributed by atoms with Gasteiger partial charge in [0.2, 0.25) is 5.89 Å². The van der Waals surface area contributed by atoms with E-state index < -0.39 is 0 Å². The summed E-state index contributed by atoms with van der Waals surface area (Å²) in [5.41, 5.74) is 0. The van der Waals surface area contributed by atoms with Crippen LogP contribution >= 0.6 is 11.8 Å². The quantitative estimate of drug-likeness (QED) is 0.795. The molecule has 2 fully saturated rings. The normalized spacial score (nSPS) is 24.4. The second-order valence-electron chi connectivity index (χ2n) is 6.49. The molecule has 2 atom stereocenters. The van der Waals surface area contributed by atoms with Gasteiger partial charge in [-0.1, -0.05) is 24.4 Å². The summed E-state index contributed by atoms with van der Waals surface area (Å²) in [6.07, 6.45) is 10.4. The van der Waals surface area contributed by atoms with Crippen LogP contribution in [0, 0.1) is 11.8 Å². The zero-order valence-corrected chi connectivity index (χ0v) is 14.0. The highest BCUT2D eigenvalue weighted by Gasteiger charge is 2.32. The summed E-state index contributed by atoms with van der Waals surface area (Å²) in [5, 5.41) is 8.49. The lowest BCUT2D eigenvalue weighted by atomic mass is 9.75. The Balaban J connectivity index is 1.36. The van der Waals surface area contributed by atoms with Crippen molar-refractivity contribution in [1.82, 2.24) is 15.2 Å². The van der Waals surface area contributed by atoms with Crippen molar-refractivity contribution in [3.8, 4) is 0 Å². The van der Waals surface area contributed by atoms with Gasteiger partial charge in [0.25, 0.3) is 0 Å². The minimum atomic E-state index is 0.701. The molecule has 0 aromatic carbocycles. The lowest BCUT2D eigenvalue weighted by Gasteiger charge is -2.40. The molecule has 2 aliphatic rings. The zero-order chi connectivity index (χ0) is 15.5. The molecule has 6 heteroatoms. The first-order valence-electron chi connectivity index (χ1n) is 8.48. The molecule has 23 heavy (non-hydrogen) atoms. The molecule has 0 radical (unpaired) electrons. The molecule has 0 spiro atoms. The lowest BCUT2D eigenvalue weighted by molar-refractivity contribution is 0.198. The Hall–Kier alpha value is -1.56. The van der Waals surface area contributed by atoms with E-state index in [0.29, 0.717) is 17.7 Å². The molecule has 3 heterocycles. The minimum Gasteiger partial charge on any atom is -0.407 e. The first-order valence-corrected chi connectivity index (χ1v) is 9.47. The average Bonchev–Trinajstić information content (AvgIpc) is 3.09. The first-order chi connectivity index (χ1) is 11.4. The van der Waals surface area contributed by atoms with Crippen molar-refractivity contribution in [2.45, 2.75) is 42.8 Å². The highest BCUT2D eigenvalue weighted by Crippen LogP contribution is 2.37. The van der Waals surface area contributed by atoms with Crippen LogP contribution in [0.25, 0.3) is 0 Å². The van der Waals surface area contributed by atoms with Gasteiger partial charge in [0, 0.05) is 30.4 Å². The van der Waals surface area contributed by atoms with Crippen molar-refractivity contribution in [3.63, 3.8) is 0 Å². The first kappa shape index (κ1) is 15.0.